The fourth-order valence-corrected chi connectivity index (χ4v) is 4.59. The average molecular weight is 537 g/mol. The van der Waals surface area contributed by atoms with Crippen LogP contribution in [-0.4, -0.2) is 61.1 Å². The van der Waals surface area contributed by atoms with Crippen LogP contribution in [0.25, 0.3) is 11.1 Å². The lowest BCUT2D eigenvalue weighted by Gasteiger charge is -2.27. The Labute approximate surface area is 227 Å². The van der Waals surface area contributed by atoms with Gasteiger partial charge in [0.05, 0.1) is 18.9 Å². The van der Waals surface area contributed by atoms with E-state index in [-0.39, 0.29) is 24.0 Å². The summed E-state index contributed by atoms with van der Waals surface area (Å²) >= 11 is 0. The molecule has 1 saturated heterocycles. The molecular formula is C30H34F2N4O3. The van der Waals surface area contributed by atoms with Crippen LogP contribution in [-0.2, 0) is 11.3 Å². The third-order valence-corrected chi connectivity index (χ3v) is 6.77. The number of ether oxygens (including phenoxy) is 2. The smallest absolute Gasteiger partial charge is 0.292 e. The van der Waals surface area contributed by atoms with Crippen LogP contribution in [0.1, 0.15) is 35.3 Å². The zero-order valence-electron chi connectivity index (χ0n) is 22.5. The van der Waals surface area contributed by atoms with Crippen molar-refractivity contribution in [2.24, 2.45) is 10.7 Å². The molecule has 1 fully saturated rings. The maximum absolute atomic E-state index is 15.0. The van der Waals surface area contributed by atoms with Crippen molar-refractivity contribution in [1.82, 2.24) is 9.80 Å². The lowest BCUT2D eigenvalue weighted by Crippen LogP contribution is -2.36. The first kappa shape index (κ1) is 28.2. The highest BCUT2D eigenvalue weighted by atomic mass is 19.1. The number of nitrogens with two attached hydrogens (primary N) is 1. The normalized spacial score (nSPS) is 14.3. The Bertz CT molecular complexity index is 1330. The molecule has 1 amide bonds. The van der Waals surface area contributed by atoms with Gasteiger partial charge in [0.25, 0.3) is 11.9 Å². The number of halogens is 2. The van der Waals surface area contributed by atoms with E-state index in [1.165, 1.54) is 12.1 Å². The molecule has 0 bridgehead atoms. The zero-order chi connectivity index (χ0) is 27.9. The van der Waals surface area contributed by atoms with Gasteiger partial charge in [-0.05, 0) is 68.3 Å². The Balaban J connectivity index is 1.54. The number of carbonyl (C=O) groups is 1. The van der Waals surface area contributed by atoms with E-state index in [9.17, 15) is 4.79 Å². The topological polar surface area (TPSA) is 80.4 Å². The van der Waals surface area contributed by atoms with Gasteiger partial charge in [0.15, 0.2) is 0 Å². The molecule has 9 heteroatoms. The Kier molecular flexibility index (Phi) is 9.27. The first-order valence-corrected chi connectivity index (χ1v) is 13.1. The van der Waals surface area contributed by atoms with Gasteiger partial charge in [-0.2, -0.15) is 4.99 Å². The van der Waals surface area contributed by atoms with Crippen molar-refractivity contribution in [1.29, 1.82) is 0 Å². The number of aryl methyl sites for hydroxylation is 1. The highest BCUT2D eigenvalue weighted by molar-refractivity contribution is 5.96. The first-order chi connectivity index (χ1) is 18.8. The molecule has 0 spiro atoms. The highest BCUT2D eigenvalue weighted by Crippen LogP contribution is 2.33. The van der Waals surface area contributed by atoms with Crippen molar-refractivity contribution in [2.75, 3.05) is 39.4 Å². The van der Waals surface area contributed by atoms with Crippen molar-refractivity contribution < 1.29 is 23.0 Å². The van der Waals surface area contributed by atoms with Gasteiger partial charge in [-0.3, -0.25) is 9.69 Å². The Morgan fingerprint density at radius 1 is 1.05 bits per heavy atom. The maximum atomic E-state index is 15.0. The number of benzene rings is 3. The van der Waals surface area contributed by atoms with Crippen molar-refractivity contribution in [2.45, 2.75) is 27.3 Å². The Hall–Kier alpha value is -3.82. The summed E-state index contributed by atoms with van der Waals surface area (Å²) in [5, 5.41) is 0. The summed E-state index contributed by atoms with van der Waals surface area (Å²) in [6, 6.07) is 14.5. The zero-order valence-corrected chi connectivity index (χ0v) is 22.5. The van der Waals surface area contributed by atoms with E-state index >= 15 is 8.78 Å². The molecule has 3 aromatic rings. The number of hydrogen-bond acceptors (Lipinski definition) is 5. The van der Waals surface area contributed by atoms with Gasteiger partial charge in [0, 0.05) is 49.4 Å². The molecule has 4 rings (SSSR count). The predicted octanol–water partition coefficient (Wildman–Crippen LogP) is 5.28. The molecular weight excluding hydrogens is 502 g/mol. The minimum absolute atomic E-state index is 0.0263. The van der Waals surface area contributed by atoms with Crippen LogP contribution < -0.4 is 10.5 Å². The second-order valence-electron chi connectivity index (χ2n) is 9.33. The van der Waals surface area contributed by atoms with E-state index in [4.69, 9.17) is 15.2 Å². The van der Waals surface area contributed by atoms with Crippen molar-refractivity contribution in [3.05, 3.63) is 82.9 Å². The number of carbonyl (C=O) groups excluding carboxylic acids is 1. The fraction of sp³-hybridized carbons (Fsp3) is 0.333. The van der Waals surface area contributed by atoms with E-state index in [0.29, 0.717) is 67.5 Å². The molecule has 39 heavy (non-hydrogen) atoms. The SMILES string of the molecule is CCN(CC)C(=O)c1ccc(N=C(N)Oc2ccccc2-c2cc(F)c(CN3CCOCC3)c(F)c2)cc1C. The van der Waals surface area contributed by atoms with Crippen LogP contribution in [0.15, 0.2) is 59.6 Å². The van der Waals surface area contributed by atoms with Crippen molar-refractivity contribution >= 4 is 17.6 Å². The number of morpholine rings is 1. The Morgan fingerprint density at radius 2 is 1.72 bits per heavy atom. The number of amides is 1. The monoisotopic (exact) mass is 536 g/mol. The van der Waals surface area contributed by atoms with E-state index in [2.05, 4.69) is 4.99 Å². The quantitative estimate of drug-likeness (QED) is 0.313. The third kappa shape index (κ3) is 6.79. The molecule has 0 aromatic heterocycles. The van der Waals surface area contributed by atoms with Crippen LogP contribution in [0.2, 0.25) is 0 Å². The highest BCUT2D eigenvalue weighted by Gasteiger charge is 2.19. The van der Waals surface area contributed by atoms with E-state index < -0.39 is 11.6 Å². The third-order valence-electron chi connectivity index (χ3n) is 6.77. The second kappa shape index (κ2) is 12.8. The maximum Gasteiger partial charge on any atom is 0.292 e. The molecule has 2 N–H and O–H groups in total. The minimum atomic E-state index is -0.622. The van der Waals surface area contributed by atoms with Gasteiger partial charge >= 0.3 is 0 Å². The summed E-state index contributed by atoms with van der Waals surface area (Å²) in [7, 11) is 0. The van der Waals surface area contributed by atoms with Crippen LogP contribution in [0.5, 0.6) is 5.75 Å². The molecule has 3 aromatic carbocycles. The number of aliphatic imine (C=N–C) groups is 1. The summed E-state index contributed by atoms with van der Waals surface area (Å²) in [5.41, 5.74) is 8.82. The van der Waals surface area contributed by atoms with E-state index in [1.54, 1.807) is 47.4 Å². The molecule has 1 heterocycles. The molecule has 206 valence electrons. The molecule has 0 radical (unpaired) electrons. The van der Waals surface area contributed by atoms with Gasteiger partial charge in [0.1, 0.15) is 17.4 Å². The van der Waals surface area contributed by atoms with Gasteiger partial charge in [-0.25, -0.2) is 8.78 Å². The van der Waals surface area contributed by atoms with Gasteiger partial charge < -0.3 is 20.1 Å². The molecule has 0 saturated carbocycles. The summed E-state index contributed by atoms with van der Waals surface area (Å²) in [6.45, 7) is 9.50. The molecule has 7 nitrogen and oxygen atoms in total. The lowest BCUT2D eigenvalue weighted by atomic mass is 10.0. The summed E-state index contributed by atoms with van der Waals surface area (Å²) in [6.07, 6.45) is 0. The number of para-hydroxylation sites is 1. The lowest BCUT2D eigenvalue weighted by molar-refractivity contribution is 0.0332. The molecule has 0 atom stereocenters. The Morgan fingerprint density at radius 3 is 2.36 bits per heavy atom. The van der Waals surface area contributed by atoms with Crippen LogP contribution in [0.4, 0.5) is 14.5 Å². The number of amidine groups is 1. The van der Waals surface area contributed by atoms with E-state index in [1.807, 2.05) is 25.7 Å². The van der Waals surface area contributed by atoms with Gasteiger partial charge in [-0.1, -0.05) is 18.2 Å². The van der Waals surface area contributed by atoms with Crippen LogP contribution in [0.3, 0.4) is 0 Å². The van der Waals surface area contributed by atoms with Crippen LogP contribution >= 0.6 is 0 Å². The summed E-state index contributed by atoms with van der Waals surface area (Å²) < 4.78 is 41.2. The number of rotatable bonds is 8. The largest absolute Gasteiger partial charge is 0.425 e. The second-order valence-corrected chi connectivity index (χ2v) is 9.33. The first-order valence-electron chi connectivity index (χ1n) is 13.1. The summed E-state index contributed by atoms with van der Waals surface area (Å²) in [4.78, 5) is 20.8. The average Bonchev–Trinajstić information content (AvgIpc) is 2.92. The standard InChI is InChI=1S/C30H34F2N4O3/c1-4-36(5-2)29(37)23-11-10-22(16-20(23)3)34-30(33)39-28-9-7-6-8-24(28)21-17-26(31)25(27(32)18-21)19-35-12-14-38-15-13-35/h6-11,16-18H,4-5,12-15,19H2,1-3H3,(H2,33,34). The molecule has 1 aliphatic rings. The van der Waals surface area contributed by atoms with Gasteiger partial charge in [-0.15, -0.1) is 0 Å². The van der Waals surface area contributed by atoms with Gasteiger partial charge in [0.2, 0.25) is 0 Å². The summed E-state index contributed by atoms with van der Waals surface area (Å²) in [5.74, 6) is -0.976. The van der Waals surface area contributed by atoms with Crippen molar-refractivity contribution in [3.8, 4) is 16.9 Å². The van der Waals surface area contributed by atoms with Crippen molar-refractivity contribution in [3.63, 3.8) is 0 Å². The number of hydrogen-bond donors (Lipinski definition) is 1. The molecule has 0 unspecified atom stereocenters. The molecule has 0 aliphatic carbocycles. The van der Waals surface area contributed by atoms with E-state index in [0.717, 1.165) is 5.56 Å². The number of nitrogens with zero attached hydrogens (tertiary/aromatic N) is 3. The minimum Gasteiger partial charge on any atom is -0.425 e. The molecule has 1 aliphatic heterocycles. The fourth-order valence-electron chi connectivity index (χ4n) is 4.59. The predicted molar refractivity (Wildman–Crippen MR) is 148 cm³/mol. The van der Waals surface area contributed by atoms with Crippen LogP contribution in [0, 0.1) is 18.6 Å².